The lowest BCUT2D eigenvalue weighted by atomic mass is 10.2. The van der Waals surface area contributed by atoms with Crippen LogP contribution in [-0.4, -0.2) is 62.4 Å². The summed E-state index contributed by atoms with van der Waals surface area (Å²) >= 11 is 0. The Morgan fingerprint density at radius 3 is 2.28 bits per heavy atom. The number of carbonyl (C=O) groups excluding carboxylic acids is 1. The fraction of sp³-hybridized carbons (Fsp3) is 0.364. The smallest absolute Gasteiger partial charge is 0.354 e. The van der Waals surface area contributed by atoms with Crippen LogP contribution >= 0.6 is 0 Å². The molecule has 0 saturated carbocycles. The van der Waals surface area contributed by atoms with E-state index in [1.807, 2.05) is 0 Å². The van der Waals surface area contributed by atoms with Crippen molar-refractivity contribution in [1.82, 2.24) is 9.88 Å². The first-order valence-electron chi connectivity index (χ1n) is 5.34. The van der Waals surface area contributed by atoms with E-state index >= 15 is 0 Å². The van der Waals surface area contributed by atoms with E-state index in [1.165, 1.54) is 23.2 Å². The summed E-state index contributed by atoms with van der Waals surface area (Å²) < 4.78 is 0. The minimum atomic E-state index is -1.17. The van der Waals surface area contributed by atoms with Crippen molar-refractivity contribution in [2.45, 2.75) is 12.2 Å². The number of pyridine rings is 1. The molecule has 1 aliphatic rings. The largest absolute Gasteiger partial charge is 0.477 e. The number of carboxylic acid groups (broad SMARTS) is 1. The SMILES string of the molecule is O=C(O)c1ccc(C(=O)N2CC(O)C(O)C2)cn1. The number of carbonyl (C=O) groups is 2. The maximum Gasteiger partial charge on any atom is 0.354 e. The zero-order valence-corrected chi connectivity index (χ0v) is 9.35. The highest BCUT2D eigenvalue weighted by Gasteiger charge is 2.33. The van der Waals surface area contributed by atoms with E-state index < -0.39 is 24.1 Å². The molecule has 1 aliphatic heterocycles. The molecule has 0 aromatic carbocycles. The molecule has 1 fully saturated rings. The van der Waals surface area contributed by atoms with Gasteiger partial charge in [0.25, 0.3) is 5.91 Å². The number of hydrogen-bond acceptors (Lipinski definition) is 5. The van der Waals surface area contributed by atoms with Crippen molar-refractivity contribution in [2.24, 2.45) is 0 Å². The quantitative estimate of drug-likeness (QED) is 0.620. The number of aromatic nitrogens is 1. The molecule has 7 heteroatoms. The molecule has 2 unspecified atom stereocenters. The standard InChI is InChI=1S/C11H12N2O5/c14-8-4-13(5-9(8)15)10(16)6-1-2-7(11(17)18)12-3-6/h1-3,8-9,14-15H,4-5H2,(H,17,18). The first kappa shape index (κ1) is 12.5. The van der Waals surface area contributed by atoms with E-state index in [0.29, 0.717) is 0 Å². The van der Waals surface area contributed by atoms with E-state index in [-0.39, 0.29) is 24.3 Å². The topological polar surface area (TPSA) is 111 Å². The molecule has 0 aliphatic carbocycles. The van der Waals surface area contributed by atoms with E-state index in [0.717, 1.165) is 0 Å². The van der Waals surface area contributed by atoms with Crippen LogP contribution in [0.1, 0.15) is 20.8 Å². The van der Waals surface area contributed by atoms with Crippen molar-refractivity contribution >= 4 is 11.9 Å². The fourth-order valence-electron chi connectivity index (χ4n) is 1.76. The number of likely N-dealkylation sites (tertiary alicyclic amines) is 1. The number of carboxylic acids is 1. The van der Waals surface area contributed by atoms with Crippen LogP contribution in [-0.2, 0) is 0 Å². The predicted octanol–water partition coefficient (Wildman–Crippen LogP) is -1.04. The molecule has 1 aromatic heterocycles. The molecule has 1 amide bonds. The minimum Gasteiger partial charge on any atom is -0.477 e. The van der Waals surface area contributed by atoms with Gasteiger partial charge in [0.2, 0.25) is 0 Å². The van der Waals surface area contributed by atoms with E-state index in [9.17, 15) is 19.8 Å². The van der Waals surface area contributed by atoms with Crippen LogP contribution in [0.2, 0.25) is 0 Å². The van der Waals surface area contributed by atoms with E-state index in [1.54, 1.807) is 0 Å². The van der Waals surface area contributed by atoms with Crippen LogP contribution in [0.3, 0.4) is 0 Å². The third-order valence-electron chi connectivity index (χ3n) is 2.78. The number of β-amino-alcohol motifs (C(OH)–C–C–N with tert-alkyl or cyclic N) is 2. The Bertz CT molecular complexity index is 463. The third-order valence-corrected chi connectivity index (χ3v) is 2.78. The number of nitrogens with zero attached hydrogens (tertiary/aromatic N) is 2. The van der Waals surface area contributed by atoms with Gasteiger partial charge in [-0.05, 0) is 12.1 Å². The zero-order valence-electron chi connectivity index (χ0n) is 9.35. The molecule has 96 valence electrons. The average Bonchev–Trinajstić information content (AvgIpc) is 2.69. The van der Waals surface area contributed by atoms with Gasteiger partial charge < -0.3 is 20.2 Å². The van der Waals surface area contributed by atoms with Crippen LogP contribution in [0, 0.1) is 0 Å². The maximum absolute atomic E-state index is 11.9. The normalized spacial score (nSPS) is 23.1. The molecule has 2 rings (SSSR count). The van der Waals surface area contributed by atoms with Gasteiger partial charge in [0, 0.05) is 19.3 Å². The third kappa shape index (κ3) is 2.31. The number of rotatable bonds is 2. The lowest BCUT2D eigenvalue weighted by Gasteiger charge is -2.14. The highest BCUT2D eigenvalue weighted by molar-refractivity contribution is 5.95. The van der Waals surface area contributed by atoms with Gasteiger partial charge >= 0.3 is 5.97 Å². The number of amides is 1. The van der Waals surface area contributed by atoms with Crippen molar-refractivity contribution in [3.8, 4) is 0 Å². The minimum absolute atomic E-state index is 0.0562. The Morgan fingerprint density at radius 2 is 1.83 bits per heavy atom. The number of aliphatic hydroxyl groups is 2. The summed E-state index contributed by atoms with van der Waals surface area (Å²) in [6.45, 7) is 0.112. The summed E-state index contributed by atoms with van der Waals surface area (Å²) in [5.41, 5.74) is 0.0781. The molecule has 2 heterocycles. The van der Waals surface area contributed by atoms with Crippen molar-refractivity contribution in [3.05, 3.63) is 29.6 Å². The summed E-state index contributed by atoms with van der Waals surface area (Å²) in [5.74, 6) is -1.56. The van der Waals surface area contributed by atoms with Gasteiger partial charge in [-0.2, -0.15) is 0 Å². The average molecular weight is 252 g/mol. The number of aliphatic hydroxyl groups excluding tert-OH is 2. The van der Waals surface area contributed by atoms with Gasteiger partial charge in [0.1, 0.15) is 5.69 Å². The van der Waals surface area contributed by atoms with Crippen LogP contribution in [0.15, 0.2) is 18.3 Å². The summed E-state index contributed by atoms with van der Waals surface area (Å²) in [4.78, 5) is 27.5. The second kappa shape index (κ2) is 4.71. The van der Waals surface area contributed by atoms with Crippen LogP contribution in [0.4, 0.5) is 0 Å². The molecular weight excluding hydrogens is 240 g/mol. The summed E-state index contributed by atoms with van der Waals surface area (Å²) in [6, 6.07) is 2.59. The van der Waals surface area contributed by atoms with Crippen molar-refractivity contribution < 1.29 is 24.9 Å². The molecule has 0 spiro atoms. The lowest BCUT2D eigenvalue weighted by molar-refractivity contribution is 0.0572. The van der Waals surface area contributed by atoms with Crippen LogP contribution < -0.4 is 0 Å². The van der Waals surface area contributed by atoms with Gasteiger partial charge in [-0.1, -0.05) is 0 Å². The first-order valence-corrected chi connectivity index (χ1v) is 5.34. The molecular formula is C11H12N2O5. The van der Waals surface area contributed by atoms with E-state index in [2.05, 4.69) is 4.98 Å². The second-order valence-corrected chi connectivity index (χ2v) is 4.08. The van der Waals surface area contributed by atoms with Crippen LogP contribution in [0.5, 0.6) is 0 Å². The Kier molecular flexibility index (Phi) is 3.26. The van der Waals surface area contributed by atoms with Gasteiger partial charge in [-0.25, -0.2) is 9.78 Å². The second-order valence-electron chi connectivity index (χ2n) is 4.08. The molecule has 3 N–H and O–H groups in total. The molecule has 2 atom stereocenters. The van der Waals surface area contributed by atoms with Gasteiger partial charge in [-0.15, -0.1) is 0 Å². The molecule has 0 bridgehead atoms. The molecule has 18 heavy (non-hydrogen) atoms. The first-order chi connectivity index (χ1) is 8.49. The van der Waals surface area contributed by atoms with Gasteiger partial charge in [-0.3, -0.25) is 4.79 Å². The highest BCUT2D eigenvalue weighted by atomic mass is 16.4. The van der Waals surface area contributed by atoms with Crippen molar-refractivity contribution in [2.75, 3.05) is 13.1 Å². The predicted molar refractivity (Wildman–Crippen MR) is 59.1 cm³/mol. The summed E-state index contributed by atoms with van der Waals surface area (Å²) in [7, 11) is 0. The van der Waals surface area contributed by atoms with Crippen molar-refractivity contribution in [3.63, 3.8) is 0 Å². The zero-order chi connectivity index (χ0) is 13.3. The molecule has 0 radical (unpaired) electrons. The number of aromatic carboxylic acids is 1. The van der Waals surface area contributed by atoms with Crippen LogP contribution in [0.25, 0.3) is 0 Å². The number of hydrogen-bond donors (Lipinski definition) is 3. The summed E-state index contributed by atoms with van der Waals surface area (Å²) in [6.07, 6.45) is -0.719. The Morgan fingerprint density at radius 1 is 1.22 bits per heavy atom. The molecule has 7 nitrogen and oxygen atoms in total. The Labute approximate surface area is 102 Å². The molecule has 1 aromatic rings. The maximum atomic E-state index is 11.9. The Hall–Kier alpha value is -1.99. The van der Waals surface area contributed by atoms with E-state index in [4.69, 9.17) is 5.11 Å². The molecule has 1 saturated heterocycles. The summed E-state index contributed by atoms with van der Waals surface area (Å²) in [5, 5.41) is 27.4. The van der Waals surface area contributed by atoms with Gasteiger partial charge in [0.15, 0.2) is 0 Å². The van der Waals surface area contributed by atoms with Crippen molar-refractivity contribution in [1.29, 1.82) is 0 Å². The Balaban J connectivity index is 2.12. The monoisotopic (exact) mass is 252 g/mol. The fourth-order valence-corrected chi connectivity index (χ4v) is 1.76. The highest BCUT2D eigenvalue weighted by Crippen LogP contribution is 2.14. The van der Waals surface area contributed by atoms with Gasteiger partial charge in [0.05, 0.1) is 17.8 Å². The lowest BCUT2D eigenvalue weighted by Crippen LogP contribution is -2.29.